The summed E-state index contributed by atoms with van der Waals surface area (Å²) in [4.78, 5) is 0.942. The summed E-state index contributed by atoms with van der Waals surface area (Å²) < 4.78 is 59.5. The Morgan fingerprint density at radius 1 is 0.294 bits per heavy atom. The molecule has 0 atom stereocenters. The third-order valence-corrected chi connectivity index (χ3v) is 19.2. The van der Waals surface area contributed by atoms with Crippen LogP contribution in [0.25, 0.3) is 55.3 Å². The molecule has 10 aromatic carbocycles. The van der Waals surface area contributed by atoms with Crippen molar-refractivity contribution in [2.24, 2.45) is 0 Å². The van der Waals surface area contributed by atoms with Crippen molar-refractivity contribution in [3.8, 4) is 44.5 Å². The minimum atomic E-state index is -3.96. The highest BCUT2D eigenvalue weighted by Gasteiger charge is 2.61. The van der Waals surface area contributed by atoms with Gasteiger partial charge in [-0.2, -0.15) is 0 Å². The monoisotopic (exact) mass is 912 g/mol. The maximum Gasteiger partial charge on any atom is 0.206 e. The summed E-state index contributed by atoms with van der Waals surface area (Å²) in [5.74, 6) is 0. The Morgan fingerprint density at radius 2 is 0.603 bits per heavy atom. The second kappa shape index (κ2) is 13.5. The first-order valence-corrected chi connectivity index (χ1v) is 26.0. The zero-order valence-electron chi connectivity index (χ0n) is 37.1. The number of sulfone groups is 2. The van der Waals surface area contributed by atoms with Crippen molar-refractivity contribution in [1.29, 1.82) is 0 Å². The summed E-state index contributed by atoms with van der Waals surface area (Å²) in [6, 6.07) is 68.2. The number of aryl methyl sites for hydroxylation is 2. The number of rotatable bonds is 4. The minimum Gasteiger partial charge on any atom is -0.219 e. The lowest BCUT2D eigenvalue weighted by atomic mass is 9.62. The fourth-order valence-corrected chi connectivity index (χ4v) is 15.4. The number of fused-ring (bicyclic) bond motifs is 24. The Labute approximate surface area is 395 Å². The molecule has 0 unspecified atom stereocenters. The molecule has 0 bridgehead atoms. The molecule has 4 aliphatic carbocycles. The summed E-state index contributed by atoms with van der Waals surface area (Å²) in [5, 5.41) is 2.15. The van der Waals surface area contributed by atoms with Gasteiger partial charge in [0.2, 0.25) is 19.7 Å². The lowest BCUT2D eigenvalue weighted by Gasteiger charge is -2.38. The smallest absolute Gasteiger partial charge is 0.206 e. The molecule has 0 aromatic heterocycles. The van der Waals surface area contributed by atoms with Gasteiger partial charge in [0, 0.05) is 0 Å². The van der Waals surface area contributed by atoms with Gasteiger partial charge in [0.1, 0.15) is 0 Å². The zero-order valence-corrected chi connectivity index (χ0v) is 38.7. The fourth-order valence-electron chi connectivity index (χ4n) is 12.8. The lowest BCUT2D eigenvalue weighted by Crippen LogP contribution is -2.33. The van der Waals surface area contributed by atoms with Crippen molar-refractivity contribution in [3.63, 3.8) is 0 Å². The van der Waals surface area contributed by atoms with Crippen molar-refractivity contribution in [2.45, 2.75) is 44.3 Å². The van der Waals surface area contributed by atoms with Crippen molar-refractivity contribution in [2.75, 3.05) is 0 Å². The first-order valence-electron chi connectivity index (χ1n) is 23.0. The fraction of sp³-hybridized carbons (Fsp3) is 0.0645. The quantitative estimate of drug-likeness (QED) is 0.176. The van der Waals surface area contributed by atoms with Gasteiger partial charge in [0.25, 0.3) is 0 Å². The van der Waals surface area contributed by atoms with Crippen LogP contribution in [0.2, 0.25) is 0 Å². The van der Waals surface area contributed by atoms with Crippen LogP contribution in [0.15, 0.2) is 226 Å². The number of hydrogen-bond acceptors (Lipinski definition) is 4. The van der Waals surface area contributed by atoms with Crippen molar-refractivity contribution >= 4 is 30.4 Å². The van der Waals surface area contributed by atoms with Gasteiger partial charge in [-0.05, 0) is 173 Å². The van der Waals surface area contributed by atoms with Gasteiger partial charge in [-0.1, -0.05) is 158 Å². The van der Waals surface area contributed by atoms with E-state index in [1.807, 2.05) is 24.3 Å². The van der Waals surface area contributed by atoms with E-state index in [0.717, 1.165) is 111 Å². The van der Waals surface area contributed by atoms with E-state index >= 15 is 0 Å². The van der Waals surface area contributed by atoms with Crippen LogP contribution in [0.1, 0.15) is 55.6 Å². The third-order valence-electron chi connectivity index (χ3n) is 15.6. The van der Waals surface area contributed by atoms with E-state index in [9.17, 15) is 16.8 Å². The van der Waals surface area contributed by atoms with Gasteiger partial charge in [-0.15, -0.1) is 0 Å². The Morgan fingerprint density at radius 3 is 0.941 bits per heavy atom. The first kappa shape index (κ1) is 39.5. The molecule has 0 saturated carbocycles. The average molecular weight is 913 g/mol. The van der Waals surface area contributed by atoms with Gasteiger partial charge < -0.3 is 0 Å². The highest BCUT2D eigenvalue weighted by molar-refractivity contribution is 7.91. The first-order chi connectivity index (χ1) is 33.1. The summed E-state index contributed by atoms with van der Waals surface area (Å²) >= 11 is 0. The standard InChI is InChI=1S/C62H40O4S2/c1-37-33-49-50(34-38(37)2)58-48-32-30-42(68(65,66)40-19-7-4-8-20-40)36-56(48)62(53-27-15-11-23-45(53)46-24-12-16-28-54(46)62)60(58)59-57(49)47-31-29-41(67(63,64)39-17-5-3-6-18-39)35-55(47)61(59)51-25-13-9-21-43(51)44-22-10-14-26-52(44)61/h3-36H,1-2H3. The van der Waals surface area contributed by atoms with E-state index in [4.69, 9.17) is 0 Å². The highest BCUT2D eigenvalue weighted by atomic mass is 32.2. The molecule has 6 heteroatoms. The van der Waals surface area contributed by atoms with Gasteiger partial charge in [0.15, 0.2) is 0 Å². The van der Waals surface area contributed by atoms with E-state index in [2.05, 4.69) is 135 Å². The molecule has 0 aliphatic heterocycles. The predicted molar refractivity (Wildman–Crippen MR) is 270 cm³/mol. The van der Waals surface area contributed by atoms with Gasteiger partial charge >= 0.3 is 0 Å². The Balaban J connectivity index is 1.23. The minimum absolute atomic E-state index is 0.231. The second-order valence-corrected chi connectivity index (χ2v) is 22.6. The summed E-state index contributed by atoms with van der Waals surface area (Å²) in [7, 11) is -7.92. The lowest BCUT2D eigenvalue weighted by molar-refractivity contribution is 0.594. The molecule has 0 N–H and O–H groups in total. The van der Waals surface area contributed by atoms with Crippen LogP contribution < -0.4 is 0 Å². The highest BCUT2D eigenvalue weighted by Crippen LogP contribution is 2.72. The Hall–Kier alpha value is -7.64. The largest absolute Gasteiger partial charge is 0.219 e. The van der Waals surface area contributed by atoms with E-state index < -0.39 is 30.5 Å². The molecular weight excluding hydrogens is 873 g/mol. The molecule has 14 rings (SSSR count). The van der Waals surface area contributed by atoms with Crippen molar-refractivity contribution in [3.05, 3.63) is 262 Å². The molecule has 0 radical (unpaired) electrons. The molecular formula is C62H40O4S2. The summed E-state index contributed by atoms with van der Waals surface area (Å²) in [6.45, 7) is 4.32. The van der Waals surface area contributed by atoms with Gasteiger partial charge in [0.05, 0.1) is 30.4 Å². The van der Waals surface area contributed by atoms with E-state index in [-0.39, 0.29) is 19.6 Å². The maximum atomic E-state index is 14.9. The zero-order chi connectivity index (χ0) is 45.9. The normalized spacial score (nSPS) is 14.8. The molecule has 0 heterocycles. The molecule has 0 saturated heterocycles. The Kier molecular flexibility index (Phi) is 7.85. The molecule has 4 aliphatic rings. The van der Waals surface area contributed by atoms with Crippen LogP contribution in [-0.2, 0) is 30.5 Å². The molecule has 0 amide bonds. The molecule has 2 spiro atoms. The second-order valence-electron chi connectivity index (χ2n) is 18.7. The Bertz CT molecular complexity index is 3770. The van der Waals surface area contributed by atoms with Crippen LogP contribution in [-0.4, -0.2) is 16.8 Å². The molecule has 10 aromatic rings. The van der Waals surface area contributed by atoms with E-state index in [0.29, 0.717) is 0 Å². The van der Waals surface area contributed by atoms with Crippen LogP contribution in [0.3, 0.4) is 0 Å². The molecule has 324 valence electrons. The van der Waals surface area contributed by atoms with Gasteiger partial charge in [-0.25, -0.2) is 16.8 Å². The topological polar surface area (TPSA) is 68.3 Å². The summed E-state index contributed by atoms with van der Waals surface area (Å²) in [6.07, 6.45) is 0. The summed E-state index contributed by atoms with van der Waals surface area (Å²) in [5.41, 5.74) is 17.1. The average Bonchev–Trinajstić information content (AvgIpc) is 4.06. The van der Waals surface area contributed by atoms with Crippen LogP contribution in [0.4, 0.5) is 0 Å². The van der Waals surface area contributed by atoms with Crippen LogP contribution in [0, 0.1) is 13.8 Å². The van der Waals surface area contributed by atoms with Crippen LogP contribution in [0.5, 0.6) is 0 Å². The van der Waals surface area contributed by atoms with Crippen molar-refractivity contribution < 1.29 is 16.8 Å². The molecule has 4 nitrogen and oxygen atoms in total. The number of benzene rings is 10. The predicted octanol–water partition coefficient (Wildman–Crippen LogP) is 13.8. The van der Waals surface area contributed by atoms with Crippen molar-refractivity contribution in [1.82, 2.24) is 0 Å². The van der Waals surface area contributed by atoms with Gasteiger partial charge in [-0.3, -0.25) is 0 Å². The van der Waals surface area contributed by atoms with Crippen LogP contribution >= 0.6 is 0 Å². The number of hydrogen-bond donors (Lipinski definition) is 0. The maximum absolute atomic E-state index is 14.9. The van der Waals surface area contributed by atoms with E-state index in [1.54, 1.807) is 60.7 Å². The SMILES string of the molecule is Cc1cc2c3c(c4c(c2cc1C)-c1ccc(S(=O)(=O)c2ccccc2)cc1C41c2ccccc2-c2ccccc21)C1(c2ccccc2-c2ccccc21)c1cc(S(=O)(=O)c2ccccc2)ccc1-3. The molecule has 68 heavy (non-hydrogen) atoms. The molecule has 0 fully saturated rings. The third kappa shape index (κ3) is 4.69. The van der Waals surface area contributed by atoms with E-state index in [1.165, 1.54) is 0 Å².